The zero-order valence-corrected chi connectivity index (χ0v) is 15.2. The van der Waals surface area contributed by atoms with Crippen molar-refractivity contribution in [2.75, 3.05) is 26.2 Å². The highest BCUT2D eigenvalue weighted by atomic mass is 16.3. The van der Waals surface area contributed by atoms with Gasteiger partial charge in [0, 0.05) is 56.1 Å². The predicted octanol–water partition coefficient (Wildman–Crippen LogP) is 3.40. The third kappa shape index (κ3) is 3.22. The van der Waals surface area contributed by atoms with Gasteiger partial charge in [0.25, 0.3) is 5.91 Å². The molecule has 3 aromatic rings. The molecule has 3 heterocycles. The number of nitrogens with zero attached hydrogens (tertiary/aromatic N) is 3. The fourth-order valence-electron chi connectivity index (χ4n) is 3.54. The van der Waals surface area contributed by atoms with E-state index < -0.39 is 0 Å². The van der Waals surface area contributed by atoms with Crippen molar-refractivity contribution in [3.63, 3.8) is 0 Å². The predicted molar refractivity (Wildman–Crippen MR) is 101 cm³/mol. The van der Waals surface area contributed by atoms with Crippen molar-refractivity contribution in [1.82, 2.24) is 14.8 Å². The Morgan fingerprint density at radius 1 is 1.08 bits per heavy atom. The van der Waals surface area contributed by atoms with Gasteiger partial charge in [-0.15, -0.1) is 0 Å². The monoisotopic (exact) mass is 349 g/mol. The van der Waals surface area contributed by atoms with Crippen LogP contribution in [0.1, 0.15) is 27.2 Å². The van der Waals surface area contributed by atoms with Gasteiger partial charge in [-0.25, -0.2) is 0 Å². The Morgan fingerprint density at radius 2 is 1.81 bits per heavy atom. The lowest BCUT2D eigenvalue weighted by molar-refractivity contribution is 0.0599. The van der Waals surface area contributed by atoms with Crippen LogP contribution in [0.2, 0.25) is 0 Å². The summed E-state index contributed by atoms with van der Waals surface area (Å²) in [5, 5.41) is 1.03. The Kier molecular flexibility index (Phi) is 4.47. The average Bonchev–Trinajstić information content (AvgIpc) is 2.99. The Labute approximate surface area is 153 Å². The van der Waals surface area contributed by atoms with E-state index in [0.29, 0.717) is 5.76 Å². The van der Waals surface area contributed by atoms with Crippen LogP contribution in [-0.2, 0) is 6.54 Å². The molecule has 4 rings (SSSR count). The maximum Gasteiger partial charge on any atom is 0.289 e. The molecule has 1 amide bonds. The number of fused-ring (bicyclic) bond motifs is 1. The van der Waals surface area contributed by atoms with Crippen LogP contribution in [0.3, 0.4) is 0 Å². The van der Waals surface area contributed by atoms with Gasteiger partial charge in [0.2, 0.25) is 0 Å². The van der Waals surface area contributed by atoms with Crippen molar-refractivity contribution in [1.29, 1.82) is 0 Å². The summed E-state index contributed by atoms with van der Waals surface area (Å²) < 4.78 is 5.88. The summed E-state index contributed by atoms with van der Waals surface area (Å²) in [5.41, 5.74) is 4.15. The van der Waals surface area contributed by atoms with Crippen LogP contribution in [0.4, 0.5) is 0 Å². The Bertz CT molecular complexity index is 925. The van der Waals surface area contributed by atoms with Gasteiger partial charge in [0.1, 0.15) is 5.58 Å². The van der Waals surface area contributed by atoms with Crippen LogP contribution in [0.15, 0.2) is 47.1 Å². The molecule has 0 atom stereocenters. The number of piperazine rings is 1. The molecule has 5 nitrogen and oxygen atoms in total. The molecule has 1 aliphatic rings. The smallest absolute Gasteiger partial charge is 0.289 e. The largest absolute Gasteiger partial charge is 0.451 e. The van der Waals surface area contributed by atoms with Crippen molar-refractivity contribution in [2.45, 2.75) is 20.4 Å². The molecule has 1 aromatic carbocycles. The van der Waals surface area contributed by atoms with E-state index in [-0.39, 0.29) is 5.91 Å². The van der Waals surface area contributed by atoms with Crippen molar-refractivity contribution in [2.24, 2.45) is 0 Å². The van der Waals surface area contributed by atoms with E-state index >= 15 is 0 Å². The topological polar surface area (TPSA) is 49.6 Å². The first-order valence-electron chi connectivity index (χ1n) is 9.02. The number of carbonyl (C=O) groups excluding carboxylic acids is 1. The molecule has 0 spiro atoms. The number of aromatic nitrogens is 1. The summed E-state index contributed by atoms with van der Waals surface area (Å²) in [5.74, 6) is 0.480. The minimum absolute atomic E-state index is 0.0000795. The lowest BCUT2D eigenvalue weighted by Gasteiger charge is -2.34. The normalized spacial score (nSPS) is 15.5. The van der Waals surface area contributed by atoms with Crippen molar-refractivity contribution in [3.8, 4) is 0 Å². The number of amides is 1. The van der Waals surface area contributed by atoms with E-state index in [2.05, 4.69) is 22.9 Å². The molecule has 0 N–H and O–H groups in total. The first-order chi connectivity index (χ1) is 12.6. The molecule has 0 saturated carbocycles. The number of benzene rings is 1. The van der Waals surface area contributed by atoms with Gasteiger partial charge in [0.05, 0.1) is 0 Å². The summed E-state index contributed by atoms with van der Waals surface area (Å²) >= 11 is 0. The molecule has 1 fully saturated rings. The second-order valence-electron chi connectivity index (χ2n) is 6.98. The SMILES string of the molecule is Cc1ccc2oc(C(=O)N3CCN(Cc4ccncc4)CC3)c(C)c2c1. The van der Waals surface area contributed by atoms with Crippen LogP contribution in [0, 0.1) is 13.8 Å². The van der Waals surface area contributed by atoms with Crippen LogP contribution >= 0.6 is 0 Å². The Morgan fingerprint density at radius 3 is 2.54 bits per heavy atom. The molecule has 1 saturated heterocycles. The standard InChI is InChI=1S/C21H23N3O2/c1-15-3-4-19-18(13-15)16(2)20(26-19)21(25)24-11-9-23(10-12-24)14-17-5-7-22-8-6-17/h3-8,13H,9-12,14H2,1-2H3. The van der Waals surface area contributed by atoms with E-state index in [0.717, 1.165) is 49.3 Å². The second-order valence-corrected chi connectivity index (χ2v) is 6.98. The highest BCUT2D eigenvalue weighted by molar-refractivity contribution is 5.99. The van der Waals surface area contributed by atoms with Crippen molar-refractivity contribution >= 4 is 16.9 Å². The fourth-order valence-corrected chi connectivity index (χ4v) is 3.54. The summed E-state index contributed by atoms with van der Waals surface area (Å²) in [7, 11) is 0. The third-order valence-corrected chi connectivity index (χ3v) is 5.10. The zero-order chi connectivity index (χ0) is 18.1. The molecule has 26 heavy (non-hydrogen) atoms. The quantitative estimate of drug-likeness (QED) is 0.727. The first kappa shape index (κ1) is 16.8. The van der Waals surface area contributed by atoms with Gasteiger partial charge in [-0.3, -0.25) is 14.7 Å². The van der Waals surface area contributed by atoms with Crippen LogP contribution in [-0.4, -0.2) is 46.9 Å². The third-order valence-electron chi connectivity index (χ3n) is 5.10. The first-order valence-corrected chi connectivity index (χ1v) is 9.02. The zero-order valence-electron chi connectivity index (χ0n) is 15.2. The van der Waals surface area contributed by atoms with E-state index in [1.54, 1.807) is 0 Å². The molecule has 0 aliphatic carbocycles. The van der Waals surface area contributed by atoms with E-state index in [9.17, 15) is 4.79 Å². The number of furan rings is 1. The molecule has 0 unspecified atom stereocenters. The summed E-state index contributed by atoms with van der Waals surface area (Å²) in [6.45, 7) is 8.10. The van der Waals surface area contributed by atoms with Crippen LogP contribution in [0.5, 0.6) is 0 Å². The second kappa shape index (κ2) is 6.92. The maximum absolute atomic E-state index is 12.9. The minimum Gasteiger partial charge on any atom is -0.451 e. The number of hydrogen-bond acceptors (Lipinski definition) is 4. The van der Waals surface area contributed by atoms with Gasteiger partial charge < -0.3 is 9.32 Å². The van der Waals surface area contributed by atoms with Gasteiger partial charge in [-0.05, 0) is 43.7 Å². The summed E-state index contributed by atoms with van der Waals surface area (Å²) in [6.07, 6.45) is 3.64. The lowest BCUT2D eigenvalue weighted by atomic mass is 10.1. The highest BCUT2D eigenvalue weighted by Crippen LogP contribution is 2.27. The molecule has 134 valence electrons. The average molecular weight is 349 g/mol. The number of aryl methyl sites for hydroxylation is 2. The summed E-state index contributed by atoms with van der Waals surface area (Å²) in [6, 6.07) is 10.1. The Hall–Kier alpha value is -2.66. The van der Waals surface area contributed by atoms with E-state index in [4.69, 9.17) is 4.42 Å². The molecule has 0 radical (unpaired) electrons. The summed E-state index contributed by atoms with van der Waals surface area (Å²) in [4.78, 5) is 21.3. The van der Waals surface area contributed by atoms with Gasteiger partial charge in [-0.1, -0.05) is 11.6 Å². The fraction of sp³-hybridized carbons (Fsp3) is 0.333. The number of pyridine rings is 1. The number of carbonyl (C=O) groups is 1. The molecule has 5 heteroatoms. The number of hydrogen-bond donors (Lipinski definition) is 0. The molecule has 2 aromatic heterocycles. The Balaban J connectivity index is 1.44. The van der Waals surface area contributed by atoms with Crippen molar-refractivity contribution in [3.05, 3.63) is 65.2 Å². The molecule has 1 aliphatic heterocycles. The lowest BCUT2D eigenvalue weighted by Crippen LogP contribution is -2.48. The van der Waals surface area contributed by atoms with E-state index in [1.165, 1.54) is 11.1 Å². The van der Waals surface area contributed by atoms with Crippen LogP contribution in [0.25, 0.3) is 11.0 Å². The van der Waals surface area contributed by atoms with Crippen LogP contribution < -0.4 is 0 Å². The van der Waals surface area contributed by atoms with E-state index in [1.807, 2.05) is 48.5 Å². The number of rotatable bonds is 3. The van der Waals surface area contributed by atoms with Gasteiger partial charge in [0.15, 0.2) is 5.76 Å². The van der Waals surface area contributed by atoms with Gasteiger partial charge in [-0.2, -0.15) is 0 Å². The molecular formula is C21H23N3O2. The molecule has 0 bridgehead atoms. The minimum atomic E-state index is -0.0000795. The molecular weight excluding hydrogens is 326 g/mol. The van der Waals surface area contributed by atoms with Gasteiger partial charge >= 0.3 is 0 Å². The maximum atomic E-state index is 12.9. The van der Waals surface area contributed by atoms with Crippen molar-refractivity contribution < 1.29 is 9.21 Å². The highest BCUT2D eigenvalue weighted by Gasteiger charge is 2.26.